The molecule has 11 heteroatoms. The third kappa shape index (κ3) is 4.12. The zero-order valence-electron chi connectivity index (χ0n) is 15.3. The van der Waals surface area contributed by atoms with Crippen molar-refractivity contribution in [2.45, 2.75) is 20.0 Å². The number of hydrogen-bond acceptors (Lipinski definition) is 6. The monoisotopic (exact) mass is 385 g/mol. The quantitative estimate of drug-likeness (QED) is 0.769. The van der Waals surface area contributed by atoms with Gasteiger partial charge in [-0.25, -0.2) is 0 Å². The van der Waals surface area contributed by atoms with Gasteiger partial charge in [0, 0.05) is 39.3 Å². The van der Waals surface area contributed by atoms with E-state index in [4.69, 9.17) is 0 Å². The van der Waals surface area contributed by atoms with Crippen LogP contribution in [0, 0.1) is 0 Å². The molecule has 148 valence electrons. The fourth-order valence-electron chi connectivity index (χ4n) is 3.13. The van der Waals surface area contributed by atoms with Crippen LogP contribution < -0.4 is 4.90 Å². The summed E-state index contributed by atoms with van der Waals surface area (Å²) in [5.74, 6) is -0.613. The Hall–Kier alpha value is -2.43. The first kappa shape index (κ1) is 19.3. The van der Waals surface area contributed by atoms with Crippen molar-refractivity contribution in [2.24, 2.45) is 0 Å². The second-order valence-corrected chi connectivity index (χ2v) is 6.31. The zero-order valence-corrected chi connectivity index (χ0v) is 15.3. The van der Waals surface area contributed by atoms with Crippen LogP contribution >= 0.6 is 0 Å². The van der Waals surface area contributed by atoms with E-state index in [9.17, 15) is 18.0 Å². The summed E-state index contributed by atoms with van der Waals surface area (Å²) in [4.78, 5) is 17.9. The van der Waals surface area contributed by atoms with E-state index in [0.29, 0.717) is 51.6 Å². The molecule has 0 N–H and O–H groups in total. The molecule has 0 atom stereocenters. The lowest BCUT2D eigenvalue weighted by Gasteiger charge is -2.35. The Kier molecular flexibility index (Phi) is 5.49. The Morgan fingerprint density at radius 3 is 2.37 bits per heavy atom. The molecule has 2 aromatic rings. The highest BCUT2D eigenvalue weighted by Gasteiger charge is 2.37. The Morgan fingerprint density at radius 1 is 1.11 bits per heavy atom. The molecule has 3 heterocycles. The van der Waals surface area contributed by atoms with Crippen LogP contribution in [0.1, 0.15) is 19.7 Å². The highest BCUT2D eigenvalue weighted by molar-refractivity contribution is 5.78. The number of halogens is 3. The minimum Gasteiger partial charge on any atom is -0.353 e. The van der Waals surface area contributed by atoms with Gasteiger partial charge in [0.05, 0.1) is 6.54 Å². The molecule has 2 aromatic heterocycles. The first-order valence-corrected chi connectivity index (χ1v) is 8.88. The molecule has 0 radical (unpaired) electrons. The molecule has 1 aliphatic rings. The summed E-state index contributed by atoms with van der Waals surface area (Å²) in [5.41, 5.74) is 0.0505. The van der Waals surface area contributed by atoms with E-state index in [1.807, 2.05) is 18.7 Å². The first-order chi connectivity index (χ1) is 12.8. The van der Waals surface area contributed by atoms with Crippen molar-refractivity contribution in [3.8, 4) is 0 Å². The third-order valence-electron chi connectivity index (χ3n) is 4.67. The number of carbonyl (C=O) groups is 1. The number of alkyl halides is 3. The standard InChI is InChI=1S/C16H22F3N7O/c1-3-24(4-2)14(27)11-23-7-9-25(10-8-23)13-6-5-12-20-21-15(16(17,18)19)26(12)22-13/h5-6H,3-4,7-11H2,1-2H3. The van der Waals surface area contributed by atoms with Crippen LogP contribution in [0.15, 0.2) is 12.1 Å². The van der Waals surface area contributed by atoms with E-state index in [1.54, 1.807) is 11.0 Å². The lowest BCUT2D eigenvalue weighted by atomic mass is 10.3. The summed E-state index contributed by atoms with van der Waals surface area (Å²) < 4.78 is 39.7. The molecule has 0 spiro atoms. The van der Waals surface area contributed by atoms with E-state index in [0.717, 1.165) is 4.52 Å². The maximum absolute atomic E-state index is 13.0. The molecule has 8 nitrogen and oxygen atoms in total. The van der Waals surface area contributed by atoms with E-state index < -0.39 is 12.0 Å². The fourth-order valence-corrected chi connectivity index (χ4v) is 3.13. The minimum atomic E-state index is -4.62. The van der Waals surface area contributed by atoms with Crippen molar-refractivity contribution < 1.29 is 18.0 Å². The van der Waals surface area contributed by atoms with Gasteiger partial charge in [-0.05, 0) is 26.0 Å². The zero-order chi connectivity index (χ0) is 19.6. The van der Waals surface area contributed by atoms with E-state index in [2.05, 4.69) is 20.2 Å². The fraction of sp³-hybridized carbons (Fsp3) is 0.625. The predicted molar refractivity (Wildman–Crippen MR) is 92.4 cm³/mol. The van der Waals surface area contributed by atoms with Gasteiger partial charge in [0.1, 0.15) is 5.82 Å². The highest BCUT2D eigenvalue weighted by atomic mass is 19.4. The average molecular weight is 385 g/mol. The average Bonchev–Trinajstić information content (AvgIpc) is 3.07. The Morgan fingerprint density at radius 2 is 1.78 bits per heavy atom. The van der Waals surface area contributed by atoms with Crippen molar-refractivity contribution in [1.29, 1.82) is 0 Å². The number of nitrogens with zero attached hydrogens (tertiary/aromatic N) is 7. The van der Waals surface area contributed by atoms with Crippen LogP contribution in [0.25, 0.3) is 5.65 Å². The van der Waals surface area contributed by atoms with Gasteiger partial charge in [0.2, 0.25) is 5.91 Å². The maximum Gasteiger partial charge on any atom is 0.453 e. The van der Waals surface area contributed by atoms with Gasteiger partial charge in [-0.2, -0.15) is 17.7 Å². The summed E-state index contributed by atoms with van der Waals surface area (Å²) in [6, 6.07) is 3.11. The SMILES string of the molecule is CCN(CC)C(=O)CN1CCN(c2ccc3nnc(C(F)(F)F)n3n2)CC1. The van der Waals surface area contributed by atoms with Gasteiger partial charge >= 0.3 is 6.18 Å². The molecule has 1 amide bonds. The summed E-state index contributed by atoms with van der Waals surface area (Å²) in [7, 11) is 0. The largest absolute Gasteiger partial charge is 0.453 e. The molecule has 0 saturated carbocycles. The third-order valence-corrected chi connectivity index (χ3v) is 4.67. The number of hydrogen-bond donors (Lipinski definition) is 0. The number of anilines is 1. The molecule has 0 bridgehead atoms. The first-order valence-electron chi connectivity index (χ1n) is 8.88. The number of fused-ring (bicyclic) bond motifs is 1. The summed E-state index contributed by atoms with van der Waals surface area (Å²) in [5, 5.41) is 10.8. The van der Waals surface area contributed by atoms with Crippen LogP contribution in [0.5, 0.6) is 0 Å². The number of likely N-dealkylation sites (N-methyl/N-ethyl adjacent to an activating group) is 1. The second-order valence-electron chi connectivity index (χ2n) is 6.31. The molecule has 27 heavy (non-hydrogen) atoms. The maximum atomic E-state index is 13.0. The Bertz CT molecular complexity index is 795. The molecule has 1 fully saturated rings. The second kappa shape index (κ2) is 7.67. The van der Waals surface area contributed by atoms with Crippen LogP contribution in [0.2, 0.25) is 0 Å². The lowest BCUT2D eigenvalue weighted by molar-refractivity contribution is -0.146. The van der Waals surface area contributed by atoms with Gasteiger partial charge in [0.25, 0.3) is 5.82 Å². The molecular formula is C16H22F3N7O. The smallest absolute Gasteiger partial charge is 0.353 e. The molecule has 1 saturated heterocycles. The van der Waals surface area contributed by atoms with Crippen molar-refractivity contribution in [3.05, 3.63) is 18.0 Å². The normalized spacial score (nSPS) is 16.1. The summed E-state index contributed by atoms with van der Waals surface area (Å²) in [6.45, 7) is 8.04. The summed E-state index contributed by atoms with van der Waals surface area (Å²) >= 11 is 0. The molecule has 1 aliphatic heterocycles. The number of rotatable bonds is 5. The van der Waals surface area contributed by atoms with Gasteiger partial charge in [0.15, 0.2) is 5.65 Å². The predicted octanol–water partition coefficient (Wildman–Crippen LogP) is 1.13. The van der Waals surface area contributed by atoms with Gasteiger partial charge in [-0.15, -0.1) is 15.3 Å². The van der Waals surface area contributed by atoms with Crippen molar-refractivity contribution >= 4 is 17.4 Å². The molecule has 3 rings (SSSR count). The van der Waals surface area contributed by atoms with E-state index in [-0.39, 0.29) is 11.6 Å². The van der Waals surface area contributed by atoms with Gasteiger partial charge in [-0.1, -0.05) is 0 Å². The summed E-state index contributed by atoms with van der Waals surface area (Å²) in [6.07, 6.45) is -4.62. The van der Waals surface area contributed by atoms with Crippen molar-refractivity contribution in [2.75, 3.05) is 50.7 Å². The Labute approximate surface area is 154 Å². The van der Waals surface area contributed by atoms with Crippen molar-refractivity contribution in [1.82, 2.24) is 29.6 Å². The van der Waals surface area contributed by atoms with Crippen molar-refractivity contribution in [3.63, 3.8) is 0 Å². The number of carbonyl (C=O) groups excluding carboxylic acids is 1. The molecule has 0 aromatic carbocycles. The molecule has 0 aliphatic carbocycles. The van der Waals surface area contributed by atoms with Crippen LogP contribution in [0.3, 0.4) is 0 Å². The van der Waals surface area contributed by atoms with Gasteiger partial charge in [-0.3, -0.25) is 9.69 Å². The van der Waals surface area contributed by atoms with E-state index >= 15 is 0 Å². The van der Waals surface area contributed by atoms with Gasteiger partial charge < -0.3 is 9.80 Å². The van der Waals surface area contributed by atoms with Crippen LogP contribution in [0.4, 0.5) is 19.0 Å². The molecule has 0 unspecified atom stereocenters. The van der Waals surface area contributed by atoms with E-state index in [1.165, 1.54) is 6.07 Å². The number of amides is 1. The van der Waals surface area contributed by atoms with Crippen LogP contribution in [-0.2, 0) is 11.0 Å². The topological polar surface area (TPSA) is 69.9 Å². The highest BCUT2D eigenvalue weighted by Crippen LogP contribution is 2.28. The Balaban J connectivity index is 1.67. The molecular weight excluding hydrogens is 363 g/mol. The van der Waals surface area contributed by atoms with Crippen LogP contribution in [-0.4, -0.2) is 81.3 Å². The lowest BCUT2D eigenvalue weighted by Crippen LogP contribution is -2.50. The minimum absolute atomic E-state index is 0.0505. The number of aromatic nitrogens is 4. The number of piperazine rings is 1.